The van der Waals surface area contributed by atoms with Gasteiger partial charge in [-0.05, 0) is 29.5 Å². The Bertz CT molecular complexity index is 401. The zero-order valence-electron chi connectivity index (χ0n) is 8.46. The van der Waals surface area contributed by atoms with E-state index >= 15 is 0 Å². The van der Waals surface area contributed by atoms with Crippen molar-refractivity contribution in [1.29, 1.82) is 0 Å². The molecular weight excluding hydrogens is 307 g/mol. The van der Waals surface area contributed by atoms with Gasteiger partial charge in [0.25, 0.3) is 5.56 Å². The first-order chi connectivity index (χ1) is 7.24. The van der Waals surface area contributed by atoms with Crippen molar-refractivity contribution in [2.24, 2.45) is 0 Å². The summed E-state index contributed by atoms with van der Waals surface area (Å²) in [6, 6.07) is 0.470. The first kappa shape index (κ1) is 10.9. The van der Waals surface area contributed by atoms with Gasteiger partial charge in [0, 0.05) is 19.6 Å². The second kappa shape index (κ2) is 4.48. The average molecular weight is 320 g/mol. The van der Waals surface area contributed by atoms with Gasteiger partial charge in [-0.15, -0.1) is 0 Å². The minimum absolute atomic E-state index is 0.0636. The Morgan fingerprint density at radius 3 is 2.93 bits per heavy atom. The molecule has 0 aliphatic carbocycles. The third-order valence-corrected chi connectivity index (χ3v) is 3.56. The quantitative estimate of drug-likeness (QED) is 0.780. The van der Waals surface area contributed by atoms with Crippen molar-refractivity contribution in [2.45, 2.75) is 13.0 Å². The Morgan fingerprint density at radius 2 is 2.40 bits per heavy atom. The van der Waals surface area contributed by atoms with Crippen LogP contribution < -0.4 is 15.8 Å². The molecule has 2 rings (SSSR count). The Balaban J connectivity index is 2.33. The van der Waals surface area contributed by atoms with Crippen LogP contribution in [0.1, 0.15) is 6.92 Å². The van der Waals surface area contributed by atoms with E-state index in [9.17, 15) is 4.79 Å². The van der Waals surface area contributed by atoms with Gasteiger partial charge in [0.05, 0.1) is 12.4 Å². The molecule has 2 N–H and O–H groups in total. The number of H-pyrrole nitrogens is 1. The summed E-state index contributed by atoms with van der Waals surface area (Å²) >= 11 is 2.05. The number of hydrogen-bond acceptors (Lipinski definition) is 4. The van der Waals surface area contributed by atoms with Gasteiger partial charge >= 0.3 is 0 Å². The predicted octanol–water partition coefficient (Wildman–Crippen LogP) is 0.173. The molecule has 82 valence electrons. The zero-order valence-corrected chi connectivity index (χ0v) is 10.6. The van der Waals surface area contributed by atoms with Crippen LogP contribution in [0.2, 0.25) is 0 Å². The summed E-state index contributed by atoms with van der Waals surface area (Å²) in [4.78, 5) is 20.4. The largest absolute Gasteiger partial charge is 0.350 e. The third kappa shape index (κ3) is 2.00. The molecule has 0 amide bonds. The summed E-state index contributed by atoms with van der Waals surface area (Å²) in [6.45, 7) is 4.90. The lowest BCUT2D eigenvalue weighted by Gasteiger charge is -2.38. The molecule has 0 aromatic carbocycles. The Kier molecular flexibility index (Phi) is 3.25. The summed E-state index contributed by atoms with van der Waals surface area (Å²) in [5, 5.41) is 3.22. The smallest absolute Gasteiger partial charge is 0.266 e. The number of likely N-dealkylation sites (N-methyl/N-ethyl adjacent to an activating group) is 1. The Morgan fingerprint density at radius 1 is 1.67 bits per heavy atom. The molecule has 1 aromatic heterocycles. The van der Waals surface area contributed by atoms with Gasteiger partial charge < -0.3 is 15.2 Å². The summed E-state index contributed by atoms with van der Waals surface area (Å²) in [5.74, 6) is 0.799. The SMILES string of the molecule is CCN(c1nc[nH]c(=O)c1I)C1CNC1. The van der Waals surface area contributed by atoms with Crippen molar-refractivity contribution in [2.75, 3.05) is 24.5 Å². The second-order valence-electron chi connectivity index (χ2n) is 3.47. The number of hydrogen-bond donors (Lipinski definition) is 2. The number of nitrogens with zero attached hydrogens (tertiary/aromatic N) is 2. The van der Waals surface area contributed by atoms with Gasteiger partial charge in [0.15, 0.2) is 0 Å². The van der Waals surface area contributed by atoms with Gasteiger partial charge in [-0.2, -0.15) is 0 Å². The summed E-state index contributed by atoms with van der Waals surface area (Å²) in [6.07, 6.45) is 1.47. The van der Waals surface area contributed by atoms with E-state index in [2.05, 4.69) is 27.1 Å². The number of anilines is 1. The molecular formula is C9H13IN4O. The summed E-state index contributed by atoms with van der Waals surface area (Å²) in [7, 11) is 0. The van der Waals surface area contributed by atoms with Crippen LogP contribution in [0.4, 0.5) is 5.82 Å². The van der Waals surface area contributed by atoms with Crippen LogP contribution in [0.3, 0.4) is 0 Å². The highest BCUT2D eigenvalue weighted by Crippen LogP contribution is 2.19. The molecule has 0 saturated carbocycles. The van der Waals surface area contributed by atoms with E-state index < -0.39 is 0 Å². The lowest BCUT2D eigenvalue weighted by atomic mass is 10.1. The van der Waals surface area contributed by atoms with E-state index in [0.717, 1.165) is 25.5 Å². The highest BCUT2D eigenvalue weighted by molar-refractivity contribution is 14.1. The molecule has 1 aliphatic heterocycles. The first-order valence-electron chi connectivity index (χ1n) is 4.94. The van der Waals surface area contributed by atoms with Crippen LogP contribution in [0.25, 0.3) is 0 Å². The van der Waals surface area contributed by atoms with E-state index in [-0.39, 0.29) is 5.56 Å². The normalized spacial score (nSPS) is 16.1. The topological polar surface area (TPSA) is 61.0 Å². The van der Waals surface area contributed by atoms with Gasteiger partial charge in [0.2, 0.25) is 0 Å². The number of aromatic amines is 1. The maximum absolute atomic E-state index is 11.4. The van der Waals surface area contributed by atoms with E-state index in [1.165, 1.54) is 6.33 Å². The first-order valence-corrected chi connectivity index (χ1v) is 6.02. The van der Waals surface area contributed by atoms with Gasteiger partial charge in [-0.25, -0.2) is 4.98 Å². The van der Waals surface area contributed by atoms with E-state index in [4.69, 9.17) is 0 Å². The molecule has 2 heterocycles. The average Bonchev–Trinajstić information content (AvgIpc) is 2.16. The van der Waals surface area contributed by atoms with Crippen molar-refractivity contribution in [3.63, 3.8) is 0 Å². The van der Waals surface area contributed by atoms with Crippen molar-refractivity contribution in [3.05, 3.63) is 20.3 Å². The van der Waals surface area contributed by atoms with Crippen LogP contribution in [0, 0.1) is 3.57 Å². The minimum Gasteiger partial charge on any atom is -0.350 e. The Labute approximate surface area is 101 Å². The van der Waals surface area contributed by atoms with E-state index in [0.29, 0.717) is 9.61 Å². The highest BCUT2D eigenvalue weighted by atomic mass is 127. The maximum atomic E-state index is 11.4. The summed E-state index contributed by atoms with van der Waals surface area (Å²) < 4.78 is 0.670. The summed E-state index contributed by atoms with van der Waals surface area (Å²) in [5.41, 5.74) is -0.0636. The molecule has 1 fully saturated rings. The van der Waals surface area contributed by atoms with E-state index in [1.54, 1.807) is 0 Å². The van der Waals surface area contributed by atoms with Crippen LogP contribution in [0.15, 0.2) is 11.1 Å². The molecule has 6 heteroatoms. The molecule has 0 bridgehead atoms. The molecule has 1 aromatic rings. The molecule has 1 saturated heterocycles. The van der Waals surface area contributed by atoms with Crippen LogP contribution in [-0.2, 0) is 0 Å². The van der Waals surface area contributed by atoms with E-state index in [1.807, 2.05) is 22.6 Å². The van der Waals surface area contributed by atoms with Crippen LogP contribution in [0.5, 0.6) is 0 Å². The number of aromatic nitrogens is 2. The van der Waals surface area contributed by atoms with Crippen molar-refractivity contribution in [3.8, 4) is 0 Å². The lowest BCUT2D eigenvalue weighted by Crippen LogP contribution is -2.58. The third-order valence-electron chi connectivity index (χ3n) is 2.59. The fourth-order valence-corrected chi connectivity index (χ4v) is 2.25. The van der Waals surface area contributed by atoms with Crippen molar-refractivity contribution in [1.82, 2.24) is 15.3 Å². The zero-order chi connectivity index (χ0) is 10.8. The monoisotopic (exact) mass is 320 g/mol. The molecule has 1 aliphatic rings. The van der Waals surface area contributed by atoms with Crippen LogP contribution >= 0.6 is 22.6 Å². The molecule has 15 heavy (non-hydrogen) atoms. The molecule has 0 spiro atoms. The lowest BCUT2D eigenvalue weighted by molar-refractivity contribution is 0.414. The van der Waals surface area contributed by atoms with Gasteiger partial charge in [-0.1, -0.05) is 0 Å². The number of rotatable bonds is 3. The molecule has 0 radical (unpaired) electrons. The number of halogens is 1. The second-order valence-corrected chi connectivity index (χ2v) is 4.55. The van der Waals surface area contributed by atoms with Crippen molar-refractivity contribution >= 4 is 28.4 Å². The number of nitrogens with one attached hydrogen (secondary N) is 2. The minimum atomic E-state index is -0.0636. The van der Waals surface area contributed by atoms with Crippen molar-refractivity contribution < 1.29 is 0 Å². The Hall–Kier alpha value is -0.630. The fraction of sp³-hybridized carbons (Fsp3) is 0.556. The van der Waals surface area contributed by atoms with Gasteiger partial charge in [-0.3, -0.25) is 4.79 Å². The fourth-order valence-electron chi connectivity index (χ4n) is 1.65. The molecule has 0 unspecified atom stereocenters. The van der Waals surface area contributed by atoms with Crippen LogP contribution in [-0.4, -0.2) is 35.6 Å². The maximum Gasteiger partial charge on any atom is 0.266 e. The predicted molar refractivity (Wildman–Crippen MR) is 67.3 cm³/mol. The molecule has 5 nitrogen and oxygen atoms in total. The standard InChI is InChI=1S/C9H13IN4O/c1-2-14(6-3-11-4-6)8-7(10)9(15)13-5-12-8/h5-6,11H,2-4H2,1H3,(H,12,13,15). The van der Waals surface area contributed by atoms with Gasteiger partial charge in [0.1, 0.15) is 9.39 Å². The molecule has 0 atom stereocenters. The highest BCUT2D eigenvalue weighted by Gasteiger charge is 2.26.